The van der Waals surface area contributed by atoms with Crippen molar-refractivity contribution in [3.63, 3.8) is 0 Å². The molecule has 0 aliphatic rings. The smallest absolute Gasteiger partial charge is 0.173 e. The Labute approximate surface area is 126 Å². The highest BCUT2D eigenvalue weighted by Crippen LogP contribution is 2.30. The van der Waals surface area contributed by atoms with Gasteiger partial charge in [0.2, 0.25) is 0 Å². The van der Waals surface area contributed by atoms with Crippen molar-refractivity contribution < 1.29 is 0 Å². The molecule has 0 atom stereocenters. The summed E-state index contributed by atoms with van der Waals surface area (Å²) in [6.07, 6.45) is 0.973. The standard InChI is InChI=1S/C15H14ClN3S/c1-4-10-5-6-12-11(7-10)14(16)19-15(18-12)13-8(2)17-9(3)20-13/h5-7H,4H2,1-3H3. The Morgan fingerprint density at radius 2 is 1.95 bits per heavy atom. The molecule has 0 aliphatic heterocycles. The number of nitrogens with zero attached hydrogens (tertiary/aromatic N) is 3. The topological polar surface area (TPSA) is 38.7 Å². The highest BCUT2D eigenvalue weighted by Gasteiger charge is 2.13. The highest BCUT2D eigenvalue weighted by atomic mass is 35.5. The lowest BCUT2D eigenvalue weighted by Crippen LogP contribution is -1.93. The van der Waals surface area contributed by atoms with Crippen LogP contribution in [-0.4, -0.2) is 15.0 Å². The summed E-state index contributed by atoms with van der Waals surface area (Å²) in [4.78, 5) is 14.5. The summed E-state index contributed by atoms with van der Waals surface area (Å²) < 4.78 is 0. The molecule has 1 aromatic carbocycles. The zero-order valence-electron chi connectivity index (χ0n) is 11.6. The predicted octanol–water partition coefficient (Wildman–Crippen LogP) is 4.59. The Hall–Kier alpha value is -1.52. The molecule has 2 heterocycles. The predicted molar refractivity (Wildman–Crippen MR) is 84.5 cm³/mol. The van der Waals surface area contributed by atoms with Gasteiger partial charge in [-0.3, -0.25) is 0 Å². The molecule has 0 bridgehead atoms. The van der Waals surface area contributed by atoms with E-state index in [1.54, 1.807) is 11.3 Å². The molecule has 102 valence electrons. The molecule has 3 rings (SSSR count). The molecule has 0 N–H and O–H groups in total. The number of hydrogen-bond acceptors (Lipinski definition) is 4. The maximum absolute atomic E-state index is 6.33. The minimum absolute atomic E-state index is 0.505. The van der Waals surface area contributed by atoms with Crippen molar-refractivity contribution in [3.8, 4) is 10.7 Å². The number of hydrogen-bond donors (Lipinski definition) is 0. The van der Waals surface area contributed by atoms with Gasteiger partial charge in [-0.2, -0.15) is 0 Å². The van der Waals surface area contributed by atoms with Gasteiger partial charge in [-0.15, -0.1) is 11.3 Å². The first-order valence-electron chi connectivity index (χ1n) is 6.49. The number of aromatic nitrogens is 3. The van der Waals surface area contributed by atoms with E-state index in [0.29, 0.717) is 11.0 Å². The molecule has 5 heteroatoms. The fourth-order valence-corrected chi connectivity index (χ4v) is 3.28. The van der Waals surface area contributed by atoms with Crippen LogP contribution in [0.15, 0.2) is 18.2 Å². The van der Waals surface area contributed by atoms with Crippen molar-refractivity contribution in [1.29, 1.82) is 0 Å². The summed E-state index contributed by atoms with van der Waals surface area (Å²) in [5.74, 6) is 0.662. The third-order valence-corrected chi connectivity index (χ3v) is 4.59. The lowest BCUT2D eigenvalue weighted by Gasteiger charge is -2.05. The fourth-order valence-electron chi connectivity index (χ4n) is 2.20. The largest absolute Gasteiger partial charge is 0.246 e. The fraction of sp³-hybridized carbons (Fsp3) is 0.267. The molecule has 0 amide bonds. The molecule has 2 aromatic heterocycles. The monoisotopic (exact) mass is 303 g/mol. The van der Waals surface area contributed by atoms with Crippen molar-refractivity contribution in [1.82, 2.24) is 15.0 Å². The first kappa shape index (κ1) is 13.5. The molecule has 0 saturated heterocycles. The normalized spacial score (nSPS) is 11.2. The average Bonchev–Trinajstić information content (AvgIpc) is 2.77. The molecule has 0 fully saturated rings. The molecule has 0 aliphatic carbocycles. The summed E-state index contributed by atoms with van der Waals surface area (Å²) in [6, 6.07) is 6.15. The van der Waals surface area contributed by atoms with Gasteiger partial charge in [0.15, 0.2) is 5.82 Å². The van der Waals surface area contributed by atoms with Crippen molar-refractivity contribution in [3.05, 3.63) is 39.6 Å². The van der Waals surface area contributed by atoms with E-state index < -0.39 is 0 Å². The number of thiazole rings is 1. The van der Waals surface area contributed by atoms with Gasteiger partial charge in [0.1, 0.15) is 5.15 Å². The van der Waals surface area contributed by atoms with E-state index in [2.05, 4.69) is 34.0 Å². The molecule has 0 saturated carbocycles. The lowest BCUT2D eigenvalue weighted by atomic mass is 10.1. The van der Waals surface area contributed by atoms with Crippen LogP contribution in [-0.2, 0) is 6.42 Å². The van der Waals surface area contributed by atoms with Crippen LogP contribution < -0.4 is 0 Å². The van der Waals surface area contributed by atoms with Crippen molar-refractivity contribution in [2.24, 2.45) is 0 Å². The van der Waals surface area contributed by atoms with E-state index in [1.807, 2.05) is 19.9 Å². The number of rotatable bonds is 2. The molecular formula is C15H14ClN3S. The van der Waals surface area contributed by atoms with Crippen LogP contribution in [0.4, 0.5) is 0 Å². The minimum Gasteiger partial charge on any atom is -0.246 e. The second kappa shape index (κ2) is 5.11. The second-order valence-corrected chi connectivity index (χ2v) is 6.25. The van der Waals surface area contributed by atoms with E-state index >= 15 is 0 Å². The molecule has 3 aromatic rings. The number of aryl methyl sites for hydroxylation is 3. The molecule has 0 unspecified atom stereocenters. The number of benzene rings is 1. The summed E-state index contributed by atoms with van der Waals surface area (Å²) in [7, 11) is 0. The first-order chi connectivity index (χ1) is 9.58. The van der Waals surface area contributed by atoms with Gasteiger partial charge in [0, 0.05) is 5.39 Å². The van der Waals surface area contributed by atoms with E-state index in [1.165, 1.54) is 5.56 Å². The van der Waals surface area contributed by atoms with E-state index in [9.17, 15) is 0 Å². The third kappa shape index (κ3) is 2.30. The van der Waals surface area contributed by atoms with Crippen LogP contribution in [0.3, 0.4) is 0 Å². The maximum atomic E-state index is 6.33. The Bertz CT molecular complexity index is 795. The highest BCUT2D eigenvalue weighted by molar-refractivity contribution is 7.15. The van der Waals surface area contributed by atoms with Gasteiger partial charge in [-0.05, 0) is 38.0 Å². The summed E-state index contributed by atoms with van der Waals surface area (Å²) in [6.45, 7) is 6.07. The van der Waals surface area contributed by atoms with Crippen molar-refractivity contribution in [2.45, 2.75) is 27.2 Å². The van der Waals surface area contributed by atoms with E-state index in [-0.39, 0.29) is 0 Å². The van der Waals surface area contributed by atoms with Crippen LogP contribution in [0.25, 0.3) is 21.6 Å². The zero-order valence-corrected chi connectivity index (χ0v) is 13.1. The average molecular weight is 304 g/mol. The Morgan fingerprint density at radius 3 is 2.60 bits per heavy atom. The number of fused-ring (bicyclic) bond motifs is 1. The van der Waals surface area contributed by atoms with Crippen LogP contribution in [0.1, 0.15) is 23.2 Å². The molecule has 3 nitrogen and oxygen atoms in total. The van der Waals surface area contributed by atoms with Gasteiger partial charge < -0.3 is 0 Å². The Morgan fingerprint density at radius 1 is 1.15 bits per heavy atom. The number of halogens is 1. The molecule has 0 spiro atoms. The van der Waals surface area contributed by atoms with Crippen LogP contribution in [0, 0.1) is 13.8 Å². The zero-order chi connectivity index (χ0) is 14.3. The van der Waals surface area contributed by atoms with Gasteiger partial charge >= 0.3 is 0 Å². The Balaban J connectivity index is 2.22. The Kier molecular flexibility index (Phi) is 3.44. The van der Waals surface area contributed by atoms with Gasteiger partial charge in [0.05, 0.1) is 21.1 Å². The van der Waals surface area contributed by atoms with Crippen LogP contribution in [0.5, 0.6) is 0 Å². The van der Waals surface area contributed by atoms with Crippen LogP contribution >= 0.6 is 22.9 Å². The maximum Gasteiger partial charge on any atom is 0.173 e. The van der Waals surface area contributed by atoms with Crippen LogP contribution in [0.2, 0.25) is 5.15 Å². The van der Waals surface area contributed by atoms with Crippen molar-refractivity contribution >= 4 is 33.8 Å². The minimum atomic E-state index is 0.505. The molecule has 20 heavy (non-hydrogen) atoms. The van der Waals surface area contributed by atoms with Gasteiger partial charge in [-0.1, -0.05) is 24.6 Å². The lowest BCUT2D eigenvalue weighted by molar-refractivity contribution is 1.14. The van der Waals surface area contributed by atoms with Gasteiger partial charge in [0.25, 0.3) is 0 Å². The second-order valence-electron chi connectivity index (χ2n) is 4.69. The summed E-state index contributed by atoms with van der Waals surface area (Å²) in [5, 5.41) is 2.43. The third-order valence-electron chi connectivity index (χ3n) is 3.23. The van der Waals surface area contributed by atoms with Crippen molar-refractivity contribution in [2.75, 3.05) is 0 Å². The SMILES string of the molecule is CCc1ccc2nc(-c3sc(C)nc3C)nc(Cl)c2c1. The molecule has 0 radical (unpaired) electrons. The molecular weight excluding hydrogens is 290 g/mol. The quantitative estimate of drug-likeness (QED) is 0.650. The summed E-state index contributed by atoms with van der Waals surface area (Å²) in [5.41, 5.74) is 3.07. The first-order valence-corrected chi connectivity index (χ1v) is 7.68. The van der Waals surface area contributed by atoms with E-state index in [0.717, 1.165) is 32.9 Å². The summed E-state index contributed by atoms with van der Waals surface area (Å²) >= 11 is 7.93. The van der Waals surface area contributed by atoms with Gasteiger partial charge in [-0.25, -0.2) is 15.0 Å². The van der Waals surface area contributed by atoms with E-state index in [4.69, 9.17) is 11.6 Å².